The molecular weight excluding hydrogens is 415 g/mol. The minimum Gasteiger partial charge on any atom is -0.366 e. The van der Waals surface area contributed by atoms with Crippen LogP contribution in [0.5, 0.6) is 0 Å². The fourth-order valence-electron chi connectivity index (χ4n) is 3.54. The van der Waals surface area contributed by atoms with Crippen LogP contribution in [0.25, 0.3) is 5.65 Å². The lowest BCUT2D eigenvalue weighted by Crippen LogP contribution is -2.39. The van der Waals surface area contributed by atoms with Gasteiger partial charge in [-0.3, -0.25) is 9.59 Å². The third-order valence-corrected chi connectivity index (χ3v) is 5.14. The van der Waals surface area contributed by atoms with Crippen molar-refractivity contribution in [2.24, 2.45) is 11.7 Å². The van der Waals surface area contributed by atoms with Gasteiger partial charge in [0.2, 0.25) is 5.91 Å². The molecule has 0 bridgehead atoms. The van der Waals surface area contributed by atoms with Crippen molar-refractivity contribution in [3.8, 4) is 0 Å². The highest BCUT2D eigenvalue weighted by atomic mass is 19.4. The van der Waals surface area contributed by atoms with E-state index in [1.165, 1.54) is 12.1 Å². The SMILES string of the molecule is NC(=O)c1ccccc1NC(=O)C1CCN(c2ccc3nnc(C(F)(F)F)n3n2)CC1. The van der Waals surface area contributed by atoms with Crippen molar-refractivity contribution < 1.29 is 22.8 Å². The first kappa shape index (κ1) is 20.6. The van der Waals surface area contributed by atoms with E-state index in [1.807, 2.05) is 0 Å². The highest BCUT2D eigenvalue weighted by Crippen LogP contribution is 2.29. The zero-order chi connectivity index (χ0) is 22.2. The van der Waals surface area contributed by atoms with Gasteiger partial charge in [-0.1, -0.05) is 12.1 Å². The lowest BCUT2D eigenvalue weighted by atomic mass is 9.95. The van der Waals surface area contributed by atoms with Crippen molar-refractivity contribution in [3.63, 3.8) is 0 Å². The Bertz CT molecular complexity index is 1140. The van der Waals surface area contributed by atoms with Crippen LogP contribution in [0.15, 0.2) is 36.4 Å². The predicted octanol–water partition coefficient (Wildman–Crippen LogP) is 2.10. The fourth-order valence-corrected chi connectivity index (χ4v) is 3.54. The Balaban J connectivity index is 1.44. The van der Waals surface area contributed by atoms with Gasteiger partial charge >= 0.3 is 6.18 Å². The summed E-state index contributed by atoms with van der Waals surface area (Å²) in [6.45, 7) is 0.856. The number of piperidine rings is 1. The number of hydrogen-bond donors (Lipinski definition) is 2. The summed E-state index contributed by atoms with van der Waals surface area (Å²) in [5.74, 6) is -2.04. The molecule has 4 rings (SSSR count). The summed E-state index contributed by atoms with van der Waals surface area (Å²) in [6, 6.07) is 9.47. The molecule has 12 heteroatoms. The summed E-state index contributed by atoms with van der Waals surface area (Å²) >= 11 is 0. The lowest BCUT2D eigenvalue weighted by Gasteiger charge is -2.32. The van der Waals surface area contributed by atoms with E-state index in [4.69, 9.17) is 5.73 Å². The predicted molar refractivity (Wildman–Crippen MR) is 104 cm³/mol. The second-order valence-electron chi connectivity index (χ2n) is 7.14. The second-order valence-corrected chi connectivity index (χ2v) is 7.14. The van der Waals surface area contributed by atoms with E-state index >= 15 is 0 Å². The molecule has 0 saturated carbocycles. The van der Waals surface area contributed by atoms with Crippen molar-refractivity contribution in [1.82, 2.24) is 19.8 Å². The Morgan fingerprint density at radius 3 is 2.45 bits per heavy atom. The van der Waals surface area contributed by atoms with Crippen LogP contribution in [0, 0.1) is 5.92 Å². The Hall–Kier alpha value is -3.70. The average molecular weight is 433 g/mol. The van der Waals surface area contributed by atoms with Crippen LogP contribution < -0.4 is 16.0 Å². The van der Waals surface area contributed by atoms with Gasteiger partial charge in [0.1, 0.15) is 5.82 Å². The van der Waals surface area contributed by atoms with Crippen molar-refractivity contribution in [1.29, 1.82) is 0 Å². The number of para-hydroxylation sites is 1. The first-order valence-electron chi connectivity index (χ1n) is 9.48. The number of alkyl halides is 3. The van der Waals surface area contributed by atoms with Crippen molar-refractivity contribution in [2.45, 2.75) is 19.0 Å². The molecule has 1 saturated heterocycles. The van der Waals surface area contributed by atoms with Gasteiger partial charge in [0.05, 0.1) is 11.3 Å². The van der Waals surface area contributed by atoms with Gasteiger partial charge in [-0.15, -0.1) is 15.3 Å². The third-order valence-electron chi connectivity index (χ3n) is 5.14. The van der Waals surface area contributed by atoms with E-state index in [0.29, 0.717) is 42.0 Å². The molecule has 1 aliphatic heterocycles. The highest BCUT2D eigenvalue weighted by molar-refractivity contribution is 6.03. The number of nitrogens with zero attached hydrogens (tertiary/aromatic N) is 5. The van der Waals surface area contributed by atoms with Gasteiger partial charge in [-0.2, -0.15) is 17.7 Å². The molecular formula is C19H18F3N7O2. The fraction of sp³-hybridized carbons (Fsp3) is 0.316. The van der Waals surface area contributed by atoms with E-state index < -0.39 is 17.9 Å². The monoisotopic (exact) mass is 433 g/mol. The Kier molecular flexibility index (Phi) is 5.21. The van der Waals surface area contributed by atoms with Crippen LogP contribution in [-0.2, 0) is 11.0 Å². The molecule has 162 valence electrons. The molecule has 2 aromatic heterocycles. The van der Waals surface area contributed by atoms with Gasteiger partial charge in [0.25, 0.3) is 11.7 Å². The molecule has 3 heterocycles. The average Bonchev–Trinajstić information content (AvgIpc) is 3.18. The molecule has 1 aromatic carbocycles. The van der Waals surface area contributed by atoms with Crippen LogP contribution >= 0.6 is 0 Å². The summed E-state index contributed by atoms with van der Waals surface area (Å²) in [4.78, 5) is 26.0. The number of rotatable bonds is 4. The summed E-state index contributed by atoms with van der Waals surface area (Å²) in [5.41, 5.74) is 5.91. The molecule has 1 aliphatic rings. The number of carbonyl (C=O) groups excluding carboxylic acids is 2. The van der Waals surface area contributed by atoms with E-state index in [2.05, 4.69) is 20.6 Å². The Morgan fingerprint density at radius 2 is 1.77 bits per heavy atom. The van der Waals surface area contributed by atoms with Crippen molar-refractivity contribution in [2.75, 3.05) is 23.3 Å². The van der Waals surface area contributed by atoms with E-state index in [9.17, 15) is 22.8 Å². The molecule has 0 aliphatic carbocycles. The maximum absolute atomic E-state index is 13.1. The zero-order valence-corrected chi connectivity index (χ0v) is 16.1. The van der Waals surface area contributed by atoms with Crippen molar-refractivity contribution >= 4 is 29.0 Å². The van der Waals surface area contributed by atoms with Gasteiger partial charge in [0.15, 0.2) is 5.65 Å². The van der Waals surface area contributed by atoms with E-state index in [-0.39, 0.29) is 23.0 Å². The number of carbonyl (C=O) groups is 2. The molecule has 31 heavy (non-hydrogen) atoms. The van der Waals surface area contributed by atoms with Crippen LogP contribution in [-0.4, -0.2) is 44.7 Å². The number of benzene rings is 1. The maximum atomic E-state index is 13.1. The van der Waals surface area contributed by atoms with Crippen molar-refractivity contribution in [3.05, 3.63) is 47.8 Å². The summed E-state index contributed by atoms with van der Waals surface area (Å²) in [6.07, 6.45) is -3.73. The number of primary amides is 1. The molecule has 0 spiro atoms. The number of amides is 2. The van der Waals surface area contributed by atoms with Gasteiger partial charge in [-0.25, -0.2) is 0 Å². The molecule has 0 radical (unpaired) electrons. The molecule has 9 nitrogen and oxygen atoms in total. The third kappa shape index (κ3) is 4.13. The lowest BCUT2D eigenvalue weighted by molar-refractivity contribution is -0.146. The zero-order valence-electron chi connectivity index (χ0n) is 16.1. The summed E-state index contributed by atoms with van der Waals surface area (Å²) < 4.78 is 39.9. The Labute approximate surface area is 174 Å². The number of aromatic nitrogens is 4. The van der Waals surface area contributed by atoms with Crippen LogP contribution in [0.4, 0.5) is 24.7 Å². The minimum absolute atomic E-state index is 0.00143. The van der Waals surface area contributed by atoms with Crippen LogP contribution in [0.3, 0.4) is 0 Å². The molecule has 0 unspecified atom stereocenters. The molecule has 3 N–H and O–H groups in total. The smallest absolute Gasteiger partial charge is 0.366 e. The number of nitrogens with two attached hydrogens (primary N) is 1. The number of fused-ring (bicyclic) bond motifs is 1. The topological polar surface area (TPSA) is 119 Å². The first-order chi connectivity index (χ1) is 14.7. The van der Waals surface area contributed by atoms with Crippen LogP contribution in [0.2, 0.25) is 0 Å². The minimum atomic E-state index is -4.67. The normalized spacial score (nSPS) is 15.3. The number of anilines is 2. The van der Waals surface area contributed by atoms with Gasteiger partial charge < -0.3 is 16.0 Å². The largest absolute Gasteiger partial charge is 0.453 e. The Morgan fingerprint density at radius 1 is 1.06 bits per heavy atom. The van der Waals surface area contributed by atoms with Crippen LogP contribution in [0.1, 0.15) is 29.0 Å². The highest BCUT2D eigenvalue weighted by Gasteiger charge is 2.38. The van der Waals surface area contributed by atoms with E-state index in [0.717, 1.165) is 0 Å². The standard InChI is InChI=1S/C19H18F3N7O2/c20-19(21,22)18-26-25-14-5-6-15(27-29(14)18)28-9-7-11(8-10-28)17(31)24-13-4-2-1-3-12(13)16(23)30/h1-6,11H,7-10H2,(H2,23,30)(H,24,31). The summed E-state index contributed by atoms with van der Waals surface area (Å²) in [7, 11) is 0. The molecule has 3 aromatic rings. The number of hydrogen-bond acceptors (Lipinski definition) is 6. The number of halogens is 3. The molecule has 1 fully saturated rings. The van der Waals surface area contributed by atoms with E-state index in [1.54, 1.807) is 29.2 Å². The molecule has 0 atom stereocenters. The van der Waals surface area contributed by atoms with Gasteiger partial charge in [-0.05, 0) is 37.1 Å². The second kappa shape index (κ2) is 7.85. The molecule has 2 amide bonds. The quantitative estimate of drug-likeness (QED) is 0.651. The van der Waals surface area contributed by atoms with Gasteiger partial charge in [0, 0.05) is 19.0 Å². The maximum Gasteiger partial charge on any atom is 0.453 e. The first-order valence-corrected chi connectivity index (χ1v) is 9.48. The summed E-state index contributed by atoms with van der Waals surface area (Å²) in [5, 5.41) is 13.4. The number of nitrogens with one attached hydrogen (secondary N) is 1.